The summed E-state index contributed by atoms with van der Waals surface area (Å²) in [7, 11) is 0. The van der Waals surface area contributed by atoms with Crippen LogP contribution in [0, 0.1) is 0 Å². The normalized spacial score (nSPS) is 12.0. The van der Waals surface area contributed by atoms with E-state index in [2.05, 4.69) is 33.4 Å². The van der Waals surface area contributed by atoms with Gasteiger partial charge in [0.1, 0.15) is 0 Å². The van der Waals surface area contributed by atoms with Gasteiger partial charge in [-0.25, -0.2) is 0 Å². The van der Waals surface area contributed by atoms with Crippen LogP contribution in [-0.2, 0) is 0 Å². The van der Waals surface area contributed by atoms with Crippen molar-refractivity contribution in [2.24, 2.45) is 0 Å². The van der Waals surface area contributed by atoms with Gasteiger partial charge < -0.3 is 0 Å². The second-order valence-electron chi connectivity index (χ2n) is 3.04. The molecule has 0 aliphatic carbocycles. The van der Waals surface area contributed by atoms with E-state index in [1.54, 1.807) is 0 Å². The first kappa shape index (κ1) is 9.70. The highest BCUT2D eigenvalue weighted by molar-refractivity contribution is 8.00. The fraction of sp³-hybridized carbons (Fsp3) is 1.00. The minimum absolute atomic E-state index is 0.433. The standard InChI is InChI=1S/C7H16S2/c1-7(2,3)9-6-4-5-8/h8H,4-6H2,1-3H3. The van der Waals surface area contributed by atoms with E-state index in [0.29, 0.717) is 4.75 Å². The van der Waals surface area contributed by atoms with Crippen molar-refractivity contribution < 1.29 is 0 Å². The number of thioether (sulfide) groups is 1. The molecule has 0 N–H and O–H groups in total. The molecule has 0 atom stereocenters. The summed E-state index contributed by atoms with van der Waals surface area (Å²) >= 11 is 6.15. The van der Waals surface area contributed by atoms with Gasteiger partial charge in [-0.1, -0.05) is 20.8 Å². The van der Waals surface area contributed by atoms with E-state index >= 15 is 0 Å². The van der Waals surface area contributed by atoms with Crippen LogP contribution in [-0.4, -0.2) is 16.3 Å². The lowest BCUT2D eigenvalue weighted by molar-refractivity contribution is 0.801. The summed E-state index contributed by atoms with van der Waals surface area (Å²) in [6.45, 7) is 6.74. The van der Waals surface area contributed by atoms with Crippen LogP contribution in [0.15, 0.2) is 0 Å². The molecule has 0 saturated heterocycles. The minimum atomic E-state index is 0.433. The molecule has 0 aromatic rings. The molecule has 0 nitrogen and oxygen atoms in total. The van der Waals surface area contributed by atoms with Crippen molar-refractivity contribution in [3.8, 4) is 0 Å². The minimum Gasteiger partial charge on any atom is -0.179 e. The van der Waals surface area contributed by atoms with Crippen LogP contribution < -0.4 is 0 Å². The second kappa shape index (κ2) is 4.51. The van der Waals surface area contributed by atoms with Gasteiger partial charge in [0.05, 0.1) is 0 Å². The molecule has 0 radical (unpaired) electrons. The third-order valence-electron chi connectivity index (χ3n) is 0.838. The van der Waals surface area contributed by atoms with Gasteiger partial charge in [0.2, 0.25) is 0 Å². The number of hydrogen-bond donors (Lipinski definition) is 1. The summed E-state index contributed by atoms with van der Waals surface area (Å²) in [5.41, 5.74) is 0. The van der Waals surface area contributed by atoms with Gasteiger partial charge in [0.15, 0.2) is 0 Å². The van der Waals surface area contributed by atoms with Crippen LogP contribution >= 0.6 is 24.4 Å². The predicted molar refractivity (Wildman–Crippen MR) is 50.7 cm³/mol. The van der Waals surface area contributed by atoms with E-state index in [4.69, 9.17) is 0 Å². The van der Waals surface area contributed by atoms with Gasteiger partial charge >= 0.3 is 0 Å². The zero-order valence-corrected chi connectivity index (χ0v) is 8.19. The van der Waals surface area contributed by atoms with E-state index in [1.807, 2.05) is 11.8 Å². The number of hydrogen-bond acceptors (Lipinski definition) is 2. The van der Waals surface area contributed by atoms with Crippen LogP contribution in [0.25, 0.3) is 0 Å². The molecule has 0 bridgehead atoms. The van der Waals surface area contributed by atoms with Crippen molar-refractivity contribution in [3.63, 3.8) is 0 Å². The van der Waals surface area contributed by atoms with Gasteiger partial charge in [0.25, 0.3) is 0 Å². The van der Waals surface area contributed by atoms with Crippen LogP contribution in [0.1, 0.15) is 27.2 Å². The van der Waals surface area contributed by atoms with E-state index in [-0.39, 0.29) is 0 Å². The van der Waals surface area contributed by atoms with E-state index in [0.717, 1.165) is 5.75 Å². The van der Waals surface area contributed by atoms with Crippen molar-refractivity contribution in [2.45, 2.75) is 31.9 Å². The second-order valence-corrected chi connectivity index (χ2v) is 5.41. The van der Waals surface area contributed by atoms with Gasteiger partial charge in [-0.2, -0.15) is 24.4 Å². The lowest BCUT2D eigenvalue weighted by Crippen LogP contribution is -2.08. The maximum absolute atomic E-state index is 4.14. The highest BCUT2D eigenvalue weighted by atomic mass is 32.2. The van der Waals surface area contributed by atoms with Crippen LogP contribution in [0.3, 0.4) is 0 Å². The predicted octanol–water partition coefficient (Wildman–Crippen LogP) is 2.84. The van der Waals surface area contributed by atoms with Crippen molar-refractivity contribution in [2.75, 3.05) is 11.5 Å². The maximum Gasteiger partial charge on any atom is 0.00751 e. The van der Waals surface area contributed by atoms with E-state index in [1.165, 1.54) is 12.2 Å². The lowest BCUT2D eigenvalue weighted by atomic mass is 10.3. The van der Waals surface area contributed by atoms with Crippen molar-refractivity contribution >= 4 is 24.4 Å². The molecule has 0 aromatic heterocycles. The summed E-state index contributed by atoms with van der Waals surface area (Å²) in [4.78, 5) is 0. The SMILES string of the molecule is CC(C)(C)SCCCS. The molecule has 0 heterocycles. The molecule has 9 heavy (non-hydrogen) atoms. The Kier molecular flexibility index (Phi) is 4.86. The average Bonchev–Trinajstić information content (AvgIpc) is 1.63. The fourth-order valence-electron chi connectivity index (χ4n) is 0.443. The lowest BCUT2D eigenvalue weighted by Gasteiger charge is -2.16. The Labute approximate surface area is 68.2 Å². The molecule has 0 fully saturated rings. The fourth-order valence-corrected chi connectivity index (χ4v) is 1.72. The van der Waals surface area contributed by atoms with Crippen molar-refractivity contribution in [1.82, 2.24) is 0 Å². The van der Waals surface area contributed by atoms with Gasteiger partial charge in [-0.15, -0.1) is 0 Å². The Morgan fingerprint density at radius 1 is 1.33 bits per heavy atom. The summed E-state index contributed by atoms with van der Waals surface area (Å²) in [6, 6.07) is 0. The summed E-state index contributed by atoms with van der Waals surface area (Å²) in [5, 5.41) is 0. The first-order valence-corrected chi connectivity index (χ1v) is 4.93. The van der Waals surface area contributed by atoms with Gasteiger partial charge in [-0.3, -0.25) is 0 Å². The maximum atomic E-state index is 4.14. The Morgan fingerprint density at radius 3 is 2.22 bits per heavy atom. The molecule has 0 unspecified atom stereocenters. The molecular formula is C7H16S2. The van der Waals surface area contributed by atoms with Crippen LogP contribution in [0.5, 0.6) is 0 Å². The van der Waals surface area contributed by atoms with E-state index in [9.17, 15) is 0 Å². The third-order valence-corrected chi connectivity index (χ3v) is 2.51. The van der Waals surface area contributed by atoms with Crippen LogP contribution in [0.4, 0.5) is 0 Å². The average molecular weight is 164 g/mol. The van der Waals surface area contributed by atoms with Crippen LogP contribution in [0.2, 0.25) is 0 Å². The largest absolute Gasteiger partial charge is 0.179 e. The monoisotopic (exact) mass is 164 g/mol. The third kappa shape index (κ3) is 8.70. The van der Waals surface area contributed by atoms with Gasteiger partial charge in [-0.05, 0) is 17.9 Å². The first-order chi connectivity index (χ1) is 4.06. The van der Waals surface area contributed by atoms with Crippen molar-refractivity contribution in [1.29, 1.82) is 0 Å². The molecule has 0 rings (SSSR count). The summed E-state index contributed by atoms with van der Waals surface area (Å²) < 4.78 is 0.433. The molecule has 0 spiro atoms. The highest BCUT2D eigenvalue weighted by Crippen LogP contribution is 2.23. The molecular weight excluding hydrogens is 148 g/mol. The Balaban J connectivity index is 3.07. The smallest absolute Gasteiger partial charge is 0.00751 e. The topological polar surface area (TPSA) is 0 Å². The first-order valence-electron chi connectivity index (χ1n) is 3.31. The summed E-state index contributed by atoms with van der Waals surface area (Å²) in [5.74, 6) is 2.26. The Hall–Kier alpha value is 0.700. The zero-order valence-electron chi connectivity index (χ0n) is 6.48. The number of rotatable bonds is 3. The molecule has 0 aliphatic rings. The van der Waals surface area contributed by atoms with Gasteiger partial charge in [0, 0.05) is 4.75 Å². The summed E-state index contributed by atoms with van der Waals surface area (Å²) in [6.07, 6.45) is 1.23. The highest BCUT2D eigenvalue weighted by Gasteiger charge is 2.08. The Bertz CT molecular complexity index is 63.8. The van der Waals surface area contributed by atoms with Crippen molar-refractivity contribution in [3.05, 3.63) is 0 Å². The molecule has 56 valence electrons. The van der Waals surface area contributed by atoms with E-state index < -0.39 is 0 Å². The Morgan fingerprint density at radius 2 is 1.89 bits per heavy atom. The molecule has 0 saturated carbocycles. The number of thiol groups is 1. The molecule has 0 aromatic carbocycles. The quantitative estimate of drug-likeness (QED) is 0.494. The molecule has 0 aliphatic heterocycles. The zero-order chi connectivity index (χ0) is 7.33. The molecule has 0 amide bonds. The molecule has 2 heteroatoms.